The predicted octanol–water partition coefficient (Wildman–Crippen LogP) is 2.84. The number of benzene rings is 2. The molecule has 2 atom stereocenters. The minimum Gasteiger partial charge on any atom is -0.493 e. The van der Waals surface area contributed by atoms with Gasteiger partial charge < -0.3 is 24.2 Å². The third kappa shape index (κ3) is 4.72. The van der Waals surface area contributed by atoms with Crippen LogP contribution in [0.5, 0.6) is 17.2 Å². The van der Waals surface area contributed by atoms with E-state index in [0.717, 1.165) is 16.3 Å². The Bertz CT molecular complexity index is 1070. The monoisotopic (exact) mass is 422 g/mol. The fourth-order valence-electron chi connectivity index (χ4n) is 3.86. The van der Waals surface area contributed by atoms with Crippen LogP contribution in [0.1, 0.15) is 12.0 Å². The van der Waals surface area contributed by atoms with Gasteiger partial charge in [0.25, 0.3) is 0 Å². The van der Waals surface area contributed by atoms with Gasteiger partial charge in [-0.15, -0.1) is 0 Å². The molecule has 2 aromatic carbocycles. The van der Waals surface area contributed by atoms with Crippen LogP contribution in [0.15, 0.2) is 54.9 Å². The molecular weight excluding hydrogens is 396 g/mol. The van der Waals surface area contributed by atoms with Gasteiger partial charge in [-0.25, -0.2) is 0 Å². The molecule has 162 valence electrons. The van der Waals surface area contributed by atoms with Gasteiger partial charge in [-0.3, -0.25) is 9.78 Å². The maximum atomic E-state index is 12.8. The summed E-state index contributed by atoms with van der Waals surface area (Å²) in [7, 11) is 3.14. The van der Waals surface area contributed by atoms with E-state index in [4.69, 9.17) is 14.2 Å². The highest BCUT2D eigenvalue weighted by Gasteiger charge is 2.31. The van der Waals surface area contributed by atoms with Crippen LogP contribution in [0, 0.1) is 0 Å². The van der Waals surface area contributed by atoms with E-state index in [2.05, 4.69) is 4.98 Å². The molecule has 1 amide bonds. The van der Waals surface area contributed by atoms with Crippen LogP contribution in [-0.4, -0.2) is 60.4 Å². The summed E-state index contributed by atoms with van der Waals surface area (Å²) in [5.41, 5.74) is 0.834. The Morgan fingerprint density at radius 1 is 1.10 bits per heavy atom. The first kappa shape index (κ1) is 20.9. The number of aromatic nitrogens is 1. The number of carbonyl (C=O) groups excluding carboxylic acids is 1. The van der Waals surface area contributed by atoms with Crippen molar-refractivity contribution in [3.63, 3.8) is 0 Å². The number of aliphatic hydroxyl groups is 1. The number of hydrogen-bond acceptors (Lipinski definition) is 6. The zero-order chi connectivity index (χ0) is 21.8. The van der Waals surface area contributed by atoms with E-state index >= 15 is 0 Å². The Labute approximate surface area is 181 Å². The third-order valence-corrected chi connectivity index (χ3v) is 5.58. The Morgan fingerprint density at radius 3 is 2.71 bits per heavy atom. The van der Waals surface area contributed by atoms with Crippen LogP contribution >= 0.6 is 0 Å². The fourth-order valence-corrected chi connectivity index (χ4v) is 3.86. The molecule has 2 heterocycles. The van der Waals surface area contributed by atoms with E-state index in [-0.39, 0.29) is 25.0 Å². The van der Waals surface area contributed by atoms with Crippen molar-refractivity contribution in [2.24, 2.45) is 0 Å². The first-order chi connectivity index (χ1) is 15.1. The summed E-state index contributed by atoms with van der Waals surface area (Å²) in [6.45, 7) is 0.773. The topological polar surface area (TPSA) is 81.1 Å². The van der Waals surface area contributed by atoms with Crippen molar-refractivity contribution in [2.45, 2.75) is 25.0 Å². The van der Waals surface area contributed by atoms with Crippen molar-refractivity contribution in [3.05, 3.63) is 60.4 Å². The number of carbonyl (C=O) groups is 1. The van der Waals surface area contributed by atoms with Crippen LogP contribution in [0.4, 0.5) is 0 Å². The molecule has 3 aromatic rings. The lowest BCUT2D eigenvalue weighted by Gasteiger charge is -2.36. The second-order valence-electron chi connectivity index (χ2n) is 7.60. The molecule has 7 heteroatoms. The average Bonchev–Trinajstić information content (AvgIpc) is 2.80. The number of pyridine rings is 1. The van der Waals surface area contributed by atoms with Crippen molar-refractivity contribution in [1.29, 1.82) is 0 Å². The summed E-state index contributed by atoms with van der Waals surface area (Å²) in [4.78, 5) is 18.6. The van der Waals surface area contributed by atoms with E-state index in [0.29, 0.717) is 30.2 Å². The van der Waals surface area contributed by atoms with Gasteiger partial charge in [-0.2, -0.15) is 0 Å². The van der Waals surface area contributed by atoms with E-state index in [1.165, 1.54) is 0 Å². The number of piperidine rings is 1. The number of β-amino-alcohol motifs (C(OH)–C–C–N with tert-alkyl or cyclic N) is 1. The Hall–Kier alpha value is -3.32. The van der Waals surface area contributed by atoms with Gasteiger partial charge in [-0.05, 0) is 41.3 Å². The van der Waals surface area contributed by atoms with Gasteiger partial charge >= 0.3 is 0 Å². The summed E-state index contributed by atoms with van der Waals surface area (Å²) in [6, 6.07) is 13.2. The highest BCUT2D eigenvalue weighted by atomic mass is 16.5. The fraction of sp³-hybridized carbons (Fsp3) is 0.333. The molecule has 0 spiro atoms. The lowest BCUT2D eigenvalue weighted by atomic mass is 10.0. The van der Waals surface area contributed by atoms with Gasteiger partial charge in [0.15, 0.2) is 11.5 Å². The molecule has 1 fully saturated rings. The normalized spacial score (nSPS) is 18.6. The maximum Gasteiger partial charge on any atom is 0.227 e. The molecular formula is C24H26N2O5. The molecule has 0 aliphatic carbocycles. The van der Waals surface area contributed by atoms with Gasteiger partial charge in [0.1, 0.15) is 18.0 Å². The van der Waals surface area contributed by atoms with Crippen LogP contribution in [0.2, 0.25) is 0 Å². The van der Waals surface area contributed by atoms with E-state index in [1.54, 1.807) is 43.6 Å². The standard InChI is InChI=1S/C24H26N2O5/c1-29-22-6-3-16(11-23(22)30-2)12-24(28)26-10-8-21(20(27)15-26)31-19-5-4-17-7-9-25-14-18(17)13-19/h3-7,9,11,13-14,20-21,27H,8,10,12,15H2,1-2H3/t20-,21-/m1/s1. The summed E-state index contributed by atoms with van der Waals surface area (Å²) < 4.78 is 16.6. The molecule has 1 aromatic heterocycles. The van der Waals surface area contributed by atoms with Crippen molar-refractivity contribution in [2.75, 3.05) is 27.3 Å². The SMILES string of the molecule is COc1ccc(CC(=O)N2CC[C@@H](Oc3ccc4ccncc4c3)[C@H](O)C2)cc1OC. The summed E-state index contributed by atoms with van der Waals surface area (Å²) in [6.07, 6.45) is 3.21. The largest absolute Gasteiger partial charge is 0.493 e. The van der Waals surface area contributed by atoms with E-state index in [9.17, 15) is 9.90 Å². The average molecular weight is 422 g/mol. The molecule has 31 heavy (non-hydrogen) atoms. The Balaban J connectivity index is 1.36. The zero-order valence-corrected chi connectivity index (χ0v) is 17.7. The number of methoxy groups -OCH3 is 2. The number of likely N-dealkylation sites (tertiary alicyclic amines) is 1. The molecule has 0 radical (unpaired) electrons. The molecule has 0 unspecified atom stereocenters. The van der Waals surface area contributed by atoms with Crippen molar-refractivity contribution >= 4 is 16.7 Å². The van der Waals surface area contributed by atoms with Gasteiger partial charge in [0.05, 0.1) is 27.2 Å². The molecule has 0 saturated carbocycles. The smallest absolute Gasteiger partial charge is 0.227 e. The first-order valence-corrected chi connectivity index (χ1v) is 10.2. The predicted molar refractivity (Wildman–Crippen MR) is 117 cm³/mol. The summed E-state index contributed by atoms with van der Waals surface area (Å²) >= 11 is 0. The number of rotatable bonds is 6. The number of fused-ring (bicyclic) bond motifs is 1. The highest BCUT2D eigenvalue weighted by molar-refractivity contribution is 5.82. The highest BCUT2D eigenvalue weighted by Crippen LogP contribution is 2.28. The minimum atomic E-state index is -0.757. The molecule has 1 N–H and O–H groups in total. The van der Waals surface area contributed by atoms with Gasteiger partial charge in [-0.1, -0.05) is 12.1 Å². The van der Waals surface area contributed by atoms with E-state index in [1.807, 2.05) is 30.3 Å². The molecule has 0 bridgehead atoms. The van der Waals surface area contributed by atoms with E-state index < -0.39 is 6.10 Å². The summed E-state index contributed by atoms with van der Waals surface area (Å²) in [5.74, 6) is 1.86. The van der Waals surface area contributed by atoms with Crippen LogP contribution in [0.25, 0.3) is 10.8 Å². The van der Waals surface area contributed by atoms with Gasteiger partial charge in [0, 0.05) is 30.7 Å². The maximum absolute atomic E-state index is 12.8. The second-order valence-corrected chi connectivity index (χ2v) is 7.60. The number of hydrogen-bond donors (Lipinski definition) is 1. The van der Waals surface area contributed by atoms with Crippen molar-refractivity contribution < 1.29 is 24.1 Å². The molecule has 4 rings (SSSR count). The quantitative estimate of drug-likeness (QED) is 0.658. The molecule has 1 saturated heterocycles. The van der Waals surface area contributed by atoms with Crippen LogP contribution < -0.4 is 14.2 Å². The minimum absolute atomic E-state index is 0.0403. The molecule has 1 aliphatic heterocycles. The molecule has 1 aliphatic rings. The lowest BCUT2D eigenvalue weighted by Crippen LogP contribution is -2.51. The van der Waals surface area contributed by atoms with Crippen molar-refractivity contribution in [3.8, 4) is 17.2 Å². The number of aliphatic hydroxyl groups excluding tert-OH is 1. The first-order valence-electron chi connectivity index (χ1n) is 10.2. The molecule has 7 nitrogen and oxygen atoms in total. The van der Waals surface area contributed by atoms with Gasteiger partial charge in [0.2, 0.25) is 5.91 Å². The Kier molecular flexibility index (Phi) is 6.23. The third-order valence-electron chi connectivity index (χ3n) is 5.58. The summed E-state index contributed by atoms with van der Waals surface area (Å²) in [5, 5.41) is 12.7. The number of ether oxygens (including phenoxy) is 3. The second kappa shape index (κ2) is 9.22. The lowest BCUT2D eigenvalue weighted by molar-refractivity contribution is -0.136. The van der Waals surface area contributed by atoms with Crippen LogP contribution in [-0.2, 0) is 11.2 Å². The number of nitrogens with zero attached hydrogens (tertiary/aromatic N) is 2. The van der Waals surface area contributed by atoms with Crippen molar-refractivity contribution in [1.82, 2.24) is 9.88 Å². The Morgan fingerprint density at radius 2 is 1.94 bits per heavy atom. The zero-order valence-electron chi connectivity index (χ0n) is 17.7. The van der Waals surface area contributed by atoms with Crippen LogP contribution in [0.3, 0.4) is 0 Å². The number of amides is 1.